The maximum Gasteiger partial charge on any atom is 0.326 e. The fourth-order valence-corrected chi connectivity index (χ4v) is 8.67. The molecule has 0 spiro atoms. The summed E-state index contributed by atoms with van der Waals surface area (Å²) < 4.78 is 43.0. The molecule has 3 aliphatic heterocycles. The number of amides is 2. The molecule has 11 heteroatoms. The SMILES string of the molecule is Cc1nc2c(n1C1CC3CCC(C1)N3CCCN(C(=O)Nc1ccc(F)cc1)c1ccccc1)CCN(S(=O)(=O)C(C)C)C2. The molecule has 1 N–H and O–H groups in total. The number of hydrogen-bond donors (Lipinski definition) is 1. The number of sulfonamides is 1. The number of benzene rings is 2. The molecule has 2 aromatic carbocycles. The van der Waals surface area contributed by atoms with Gasteiger partial charge in [0, 0.05) is 61.2 Å². The van der Waals surface area contributed by atoms with Crippen molar-refractivity contribution in [3.63, 3.8) is 0 Å². The number of para-hydroxylation sites is 1. The van der Waals surface area contributed by atoms with Gasteiger partial charge in [0.1, 0.15) is 11.6 Å². The number of nitrogens with zero attached hydrogens (tertiary/aromatic N) is 5. The van der Waals surface area contributed by atoms with Crippen molar-refractivity contribution in [3.05, 3.63) is 77.6 Å². The van der Waals surface area contributed by atoms with Gasteiger partial charge in [-0.1, -0.05) is 18.2 Å². The molecule has 9 nitrogen and oxygen atoms in total. The first-order valence-corrected chi connectivity index (χ1v) is 17.3. The summed E-state index contributed by atoms with van der Waals surface area (Å²) in [7, 11) is -3.31. The Labute approximate surface area is 260 Å². The number of anilines is 2. The van der Waals surface area contributed by atoms with Crippen LogP contribution >= 0.6 is 0 Å². The third-order valence-electron chi connectivity index (χ3n) is 9.58. The molecule has 2 amide bonds. The second-order valence-corrected chi connectivity index (χ2v) is 15.1. The van der Waals surface area contributed by atoms with Crippen molar-refractivity contribution in [1.82, 2.24) is 18.8 Å². The van der Waals surface area contributed by atoms with Crippen molar-refractivity contribution in [3.8, 4) is 0 Å². The first-order valence-electron chi connectivity index (χ1n) is 15.8. The summed E-state index contributed by atoms with van der Waals surface area (Å²) in [5, 5.41) is 2.48. The Morgan fingerprint density at radius 1 is 1.05 bits per heavy atom. The first-order chi connectivity index (χ1) is 21.1. The van der Waals surface area contributed by atoms with Gasteiger partial charge >= 0.3 is 6.03 Å². The first kappa shape index (κ1) is 30.7. The van der Waals surface area contributed by atoms with Gasteiger partial charge in [0.25, 0.3) is 0 Å². The van der Waals surface area contributed by atoms with E-state index in [2.05, 4.69) is 21.7 Å². The molecule has 6 rings (SSSR count). The summed E-state index contributed by atoms with van der Waals surface area (Å²) in [4.78, 5) is 22.6. The minimum absolute atomic E-state index is 0.232. The number of carbonyl (C=O) groups is 1. The number of halogens is 1. The molecule has 4 heterocycles. The highest BCUT2D eigenvalue weighted by atomic mass is 32.2. The average molecular weight is 623 g/mol. The van der Waals surface area contributed by atoms with Gasteiger partial charge in [-0.15, -0.1) is 0 Å². The van der Waals surface area contributed by atoms with Gasteiger partial charge in [-0.3, -0.25) is 9.80 Å². The molecule has 0 saturated carbocycles. The van der Waals surface area contributed by atoms with Crippen LogP contribution in [0.3, 0.4) is 0 Å². The lowest BCUT2D eigenvalue weighted by Crippen LogP contribution is -2.45. The molecule has 0 aliphatic carbocycles. The van der Waals surface area contributed by atoms with Gasteiger partial charge in [0.15, 0.2) is 0 Å². The lowest BCUT2D eigenvalue weighted by Gasteiger charge is -2.41. The van der Waals surface area contributed by atoms with Crippen LogP contribution in [0.1, 0.15) is 69.2 Å². The van der Waals surface area contributed by atoms with E-state index in [9.17, 15) is 17.6 Å². The van der Waals surface area contributed by atoms with E-state index >= 15 is 0 Å². The van der Waals surface area contributed by atoms with Gasteiger partial charge in [0.2, 0.25) is 10.0 Å². The molecule has 2 bridgehead atoms. The van der Waals surface area contributed by atoms with E-state index in [1.807, 2.05) is 30.3 Å². The maximum absolute atomic E-state index is 13.4. The number of aromatic nitrogens is 2. The second kappa shape index (κ2) is 12.6. The van der Waals surface area contributed by atoms with Crippen LogP contribution < -0.4 is 10.2 Å². The third kappa shape index (κ3) is 6.14. The standard InChI is InChI=1S/C33H43FN6O3S/c1-23(2)44(42,43)37-19-16-32-31(22-37)35-24(3)40(32)30-20-28-14-15-29(21-30)38(28)17-7-18-39(27-8-5-4-6-9-27)33(41)36-26-12-10-25(34)11-13-26/h4-6,8-13,23,28-30H,7,14-22H2,1-3H3,(H,36,41). The number of nitrogens with one attached hydrogen (secondary N) is 1. The molecule has 236 valence electrons. The Morgan fingerprint density at radius 3 is 2.39 bits per heavy atom. The molecule has 44 heavy (non-hydrogen) atoms. The summed E-state index contributed by atoms with van der Waals surface area (Å²) in [5.41, 5.74) is 3.51. The van der Waals surface area contributed by atoms with Crippen LogP contribution in [0.5, 0.6) is 0 Å². The Balaban J connectivity index is 1.10. The van der Waals surface area contributed by atoms with Crippen molar-refractivity contribution in [2.75, 3.05) is 29.9 Å². The van der Waals surface area contributed by atoms with Crippen LogP contribution in [0, 0.1) is 12.7 Å². The van der Waals surface area contributed by atoms with E-state index in [0.29, 0.717) is 49.9 Å². The Hall–Kier alpha value is -3.28. The summed E-state index contributed by atoms with van der Waals surface area (Å²) in [5.74, 6) is 0.649. The molecule has 2 fully saturated rings. The summed E-state index contributed by atoms with van der Waals surface area (Å²) in [6.07, 6.45) is 6.00. The molecular formula is C33H43FN6O3S. The number of imidazole rings is 1. The fraction of sp³-hybridized carbons (Fsp3) is 0.515. The fourth-order valence-electron chi connectivity index (χ4n) is 7.43. The van der Waals surface area contributed by atoms with E-state index in [-0.39, 0.29) is 11.8 Å². The molecule has 2 unspecified atom stereocenters. The molecule has 2 atom stereocenters. The van der Waals surface area contributed by atoms with Gasteiger partial charge in [0.05, 0.1) is 17.5 Å². The van der Waals surface area contributed by atoms with Crippen molar-refractivity contribution >= 4 is 27.4 Å². The molecular weight excluding hydrogens is 579 g/mol. The normalized spacial score (nSPS) is 22.2. The average Bonchev–Trinajstić information content (AvgIpc) is 3.46. The quantitative estimate of drug-likeness (QED) is 0.330. The second-order valence-electron chi connectivity index (χ2n) is 12.6. The molecule has 0 radical (unpaired) electrons. The van der Waals surface area contributed by atoms with E-state index in [4.69, 9.17) is 4.98 Å². The topological polar surface area (TPSA) is 90.8 Å². The predicted octanol–water partition coefficient (Wildman–Crippen LogP) is 5.72. The number of aryl methyl sites for hydroxylation is 1. The monoisotopic (exact) mass is 622 g/mol. The minimum Gasteiger partial charge on any atom is -0.329 e. The number of carbonyl (C=O) groups excluding carboxylic acids is 1. The minimum atomic E-state index is -3.31. The molecule has 3 aliphatic rings. The summed E-state index contributed by atoms with van der Waals surface area (Å²) in [6.45, 7) is 7.89. The Bertz CT molecular complexity index is 1560. The van der Waals surface area contributed by atoms with Crippen LogP contribution in [0.2, 0.25) is 0 Å². The van der Waals surface area contributed by atoms with Crippen LogP contribution in [0.4, 0.5) is 20.6 Å². The van der Waals surface area contributed by atoms with Crippen molar-refractivity contribution < 1.29 is 17.6 Å². The zero-order chi connectivity index (χ0) is 31.0. The van der Waals surface area contributed by atoms with Crippen LogP contribution in [-0.2, 0) is 23.0 Å². The highest BCUT2D eigenvalue weighted by molar-refractivity contribution is 7.89. The smallest absolute Gasteiger partial charge is 0.326 e. The van der Waals surface area contributed by atoms with Crippen molar-refractivity contribution in [2.24, 2.45) is 0 Å². The largest absolute Gasteiger partial charge is 0.329 e. The summed E-state index contributed by atoms with van der Waals surface area (Å²) >= 11 is 0. The van der Waals surface area contributed by atoms with Crippen LogP contribution in [0.15, 0.2) is 54.6 Å². The number of rotatable bonds is 9. The van der Waals surface area contributed by atoms with Gasteiger partial charge in [-0.05, 0) is 89.3 Å². The van der Waals surface area contributed by atoms with Crippen LogP contribution in [-0.4, -0.2) is 70.2 Å². The lowest BCUT2D eigenvalue weighted by atomic mass is 9.96. The van der Waals surface area contributed by atoms with Crippen molar-refractivity contribution in [1.29, 1.82) is 0 Å². The number of urea groups is 1. The van der Waals surface area contributed by atoms with E-state index in [1.165, 1.54) is 30.7 Å². The highest BCUT2D eigenvalue weighted by Crippen LogP contribution is 2.42. The number of piperidine rings is 1. The highest BCUT2D eigenvalue weighted by Gasteiger charge is 2.42. The maximum atomic E-state index is 13.4. The predicted molar refractivity (Wildman–Crippen MR) is 171 cm³/mol. The molecule has 1 aromatic heterocycles. The molecule has 3 aromatic rings. The van der Waals surface area contributed by atoms with Gasteiger partial charge in [-0.2, -0.15) is 4.31 Å². The number of hydrogen-bond acceptors (Lipinski definition) is 5. The lowest BCUT2D eigenvalue weighted by molar-refractivity contribution is 0.104. The zero-order valence-electron chi connectivity index (χ0n) is 25.8. The Kier molecular flexibility index (Phi) is 8.81. The number of fused-ring (bicyclic) bond motifs is 3. The molecule has 2 saturated heterocycles. The van der Waals surface area contributed by atoms with Gasteiger partial charge < -0.3 is 9.88 Å². The van der Waals surface area contributed by atoms with Crippen LogP contribution in [0.25, 0.3) is 0 Å². The van der Waals surface area contributed by atoms with E-state index in [0.717, 1.165) is 43.0 Å². The van der Waals surface area contributed by atoms with E-state index in [1.54, 1.807) is 35.2 Å². The van der Waals surface area contributed by atoms with Gasteiger partial charge in [-0.25, -0.2) is 22.6 Å². The summed E-state index contributed by atoms with van der Waals surface area (Å²) in [6, 6.07) is 16.6. The zero-order valence-corrected chi connectivity index (χ0v) is 26.6. The third-order valence-corrected chi connectivity index (χ3v) is 11.8. The van der Waals surface area contributed by atoms with E-state index < -0.39 is 15.3 Å². The van der Waals surface area contributed by atoms with Crippen molar-refractivity contribution in [2.45, 2.75) is 89.2 Å². The Morgan fingerprint density at radius 2 is 1.73 bits per heavy atom.